The SMILES string of the molecule is Cc1ccc(OCCOCCN2CCc3ccccc3C2)cc1. The highest BCUT2D eigenvalue weighted by Gasteiger charge is 2.14. The fourth-order valence-corrected chi connectivity index (χ4v) is 2.89. The maximum Gasteiger partial charge on any atom is 0.119 e. The van der Waals surface area contributed by atoms with Gasteiger partial charge in [-0.15, -0.1) is 0 Å². The van der Waals surface area contributed by atoms with Crippen LogP contribution in [0.15, 0.2) is 48.5 Å². The third-order valence-electron chi connectivity index (χ3n) is 4.28. The molecule has 3 heteroatoms. The minimum atomic E-state index is 0.603. The van der Waals surface area contributed by atoms with Crippen LogP contribution in [0.5, 0.6) is 5.75 Å². The molecular weight excluding hydrogens is 286 g/mol. The lowest BCUT2D eigenvalue weighted by molar-refractivity contribution is 0.0766. The lowest BCUT2D eigenvalue weighted by Crippen LogP contribution is -2.33. The van der Waals surface area contributed by atoms with E-state index in [1.807, 2.05) is 12.1 Å². The zero-order chi connectivity index (χ0) is 15.9. The first-order valence-electron chi connectivity index (χ1n) is 8.37. The normalized spacial score (nSPS) is 14.5. The predicted octanol–water partition coefficient (Wildman–Crippen LogP) is 3.45. The third kappa shape index (κ3) is 4.81. The maximum absolute atomic E-state index is 5.70. The Morgan fingerprint density at radius 3 is 2.52 bits per heavy atom. The summed E-state index contributed by atoms with van der Waals surface area (Å²) >= 11 is 0. The van der Waals surface area contributed by atoms with Crippen molar-refractivity contribution in [1.29, 1.82) is 0 Å². The molecule has 0 unspecified atom stereocenters. The van der Waals surface area contributed by atoms with E-state index in [0.717, 1.165) is 38.4 Å². The molecule has 1 aliphatic rings. The van der Waals surface area contributed by atoms with Crippen molar-refractivity contribution in [2.24, 2.45) is 0 Å². The van der Waals surface area contributed by atoms with Crippen molar-refractivity contribution in [2.45, 2.75) is 19.9 Å². The van der Waals surface area contributed by atoms with Crippen molar-refractivity contribution in [3.05, 3.63) is 65.2 Å². The zero-order valence-corrected chi connectivity index (χ0v) is 13.8. The molecule has 3 nitrogen and oxygen atoms in total. The molecule has 0 fully saturated rings. The van der Waals surface area contributed by atoms with Gasteiger partial charge in [0.15, 0.2) is 0 Å². The number of benzene rings is 2. The molecule has 0 spiro atoms. The van der Waals surface area contributed by atoms with Crippen molar-refractivity contribution in [3.63, 3.8) is 0 Å². The molecule has 2 aromatic rings. The molecule has 0 saturated carbocycles. The van der Waals surface area contributed by atoms with E-state index in [-0.39, 0.29) is 0 Å². The third-order valence-corrected chi connectivity index (χ3v) is 4.28. The Balaban J connectivity index is 1.29. The lowest BCUT2D eigenvalue weighted by Gasteiger charge is -2.28. The van der Waals surface area contributed by atoms with Gasteiger partial charge in [-0.1, -0.05) is 42.0 Å². The van der Waals surface area contributed by atoms with Gasteiger partial charge in [-0.05, 0) is 36.6 Å². The average Bonchev–Trinajstić information content (AvgIpc) is 2.59. The number of aryl methyl sites for hydroxylation is 1. The van der Waals surface area contributed by atoms with Gasteiger partial charge in [-0.25, -0.2) is 0 Å². The van der Waals surface area contributed by atoms with E-state index < -0.39 is 0 Å². The molecule has 0 atom stereocenters. The van der Waals surface area contributed by atoms with Gasteiger partial charge in [0.05, 0.1) is 13.2 Å². The molecule has 2 aromatic carbocycles. The van der Waals surface area contributed by atoms with Crippen LogP contribution in [0.25, 0.3) is 0 Å². The van der Waals surface area contributed by atoms with Crippen LogP contribution < -0.4 is 4.74 Å². The molecule has 0 aromatic heterocycles. The highest BCUT2D eigenvalue weighted by atomic mass is 16.5. The Labute approximate surface area is 138 Å². The molecule has 23 heavy (non-hydrogen) atoms. The summed E-state index contributed by atoms with van der Waals surface area (Å²) in [5.41, 5.74) is 4.20. The first-order chi connectivity index (χ1) is 11.3. The minimum Gasteiger partial charge on any atom is -0.491 e. The molecule has 3 rings (SSSR count). The lowest BCUT2D eigenvalue weighted by atomic mass is 10.0. The second-order valence-electron chi connectivity index (χ2n) is 6.07. The van der Waals surface area contributed by atoms with Crippen LogP contribution in [0.1, 0.15) is 16.7 Å². The van der Waals surface area contributed by atoms with Gasteiger partial charge in [0, 0.05) is 19.6 Å². The van der Waals surface area contributed by atoms with Crippen molar-refractivity contribution >= 4 is 0 Å². The first-order valence-corrected chi connectivity index (χ1v) is 8.37. The van der Waals surface area contributed by atoms with E-state index in [0.29, 0.717) is 13.2 Å². The van der Waals surface area contributed by atoms with Crippen molar-refractivity contribution < 1.29 is 9.47 Å². The number of rotatable bonds is 7. The summed E-state index contributed by atoms with van der Waals surface area (Å²) in [5.74, 6) is 0.909. The first kappa shape index (κ1) is 16.0. The average molecular weight is 311 g/mol. The fraction of sp³-hybridized carbons (Fsp3) is 0.400. The monoisotopic (exact) mass is 311 g/mol. The topological polar surface area (TPSA) is 21.7 Å². The van der Waals surface area contributed by atoms with Crippen LogP contribution >= 0.6 is 0 Å². The van der Waals surface area contributed by atoms with E-state index in [1.54, 1.807) is 0 Å². The highest BCUT2D eigenvalue weighted by molar-refractivity contribution is 5.29. The van der Waals surface area contributed by atoms with Gasteiger partial charge >= 0.3 is 0 Å². The van der Waals surface area contributed by atoms with Crippen LogP contribution in [0.4, 0.5) is 0 Å². The zero-order valence-electron chi connectivity index (χ0n) is 13.8. The second kappa shape index (κ2) is 8.14. The standard InChI is InChI=1S/C20H25NO2/c1-17-6-8-20(9-7-17)23-15-14-22-13-12-21-11-10-18-4-2-3-5-19(18)16-21/h2-9H,10-16H2,1H3. The number of fused-ring (bicyclic) bond motifs is 1. The summed E-state index contributed by atoms with van der Waals surface area (Å²) in [7, 11) is 0. The number of hydrogen-bond acceptors (Lipinski definition) is 3. The molecule has 0 N–H and O–H groups in total. The molecule has 122 valence electrons. The van der Waals surface area contributed by atoms with E-state index >= 15 is 0 Å². The molecule has 0 saturated heterocycles. The molecule has 0 amide bonds. The molecule has 0 radical (unpaired) electrons. The van der Waals surface area contributed by atoms with Gasteiger partial charge < -0.3 is 9.47 Å². The summed E-state index contributed by atoms with van der Waals surface area (Å²) in [6.07, 6.45) is 1.15. The van der Waals surface area contributed by atoms with E-state index in [9.17, 15) is 0 Å². The van der Waals surface area contributed by atoms with E-state index in [2.05, 4.69) is 48.2 Å². The van der Waals surface area contributed by atoms with Gasteiger partial charge in [0.1, 0.15) is 12.4 Å². The smallest absolute Gasteiger partial charge is 0.119 e. The van der Waals surface area contributed by atoms with Crippen LogP contribution in [-0.2, 0) is 17.7 Å². The number of ether oxygens (including phenoxy) is 2. The van der Waals surface area contributed by atoms with Crippen molar-refractivity contribution in [2.75, 3.05) is 32.9 Å². The van der Waals surface area contributed by atoms with E-state index in [1.165, 1.54) is 16.7 Å². The Morgan fingerprint density at radius 2 is 1.70 bits per heavy atom. The van der Waals surface area contributed by atoms with Crippen LogP contribution in [0, 0.1) is 6.92 Å². The van der Waals surface area contributed by atoms with Crippen LogP contribution in [0.3, 0.4) is 0 Å². The largest absolute Gasteiger partial charge is 0.491 e. The quantitative estimate of drug-likeness (QED) is 0.731. The van der Waals surface area contributed by atoms with Crippen molar-refractivity contribution in [3.8, 4) is 5.75 Å². The fourth-order valence-electron chi connectivity index (χ4n) is 2.89. The Kier molecular flexibility index (Phi) is 5.67. The summed E-state index contributed by atoms with van der Waals surface area (Å²) in [5, 5.41) is 0. The predicted molar refractivity (Wildman–Crippen MR) is 92.9 cm³/mol. The molecular formula is C20H25NO2. The molecule has 0 aliphatic carbocycles. The van der Waals surface area contributed by atoms with E-state index in [4.69, 9.17) is 9.47 Å². The summed E-state index contributed by atoms with van der Waals surface area (Å²) in [6, 6.07) is 16.9. The van der Waals surface area contributed by atoms with Crippen LogP contribution in [0.2, 0.25) is 0 Å². The van der Waals surface area contributed by atoms with Crippen LogP contribution in [-0.4, -0.2) is 37.8 Å². The second-order valence-corrected chi connectivity index (χ2v) is 6.07. The molecule has 0 bridgehead atoms. The number of nitrogens with zero attached hydrogens (tertiary/aromatic N) is 1. The van der Waals surface area contributed by atoms with Gasteiger partial charge in [0.25, 0.3) is 0 Å². The van der Waals surface area contributed by atoms with Gasteiger partial charge in [-0.2, -0.15) is 0 Å². The summed E-state index contributed by atoms with van der Waals surface area (Å²) in [4.78, 5) is 2.46. The Morgan fingerprint density at radius 1 is 0.913 bits per heavy atom. The van der Waals surface area contributed by atoms with Gasteiger partial charge in [-0.3, -0.25) is 4.90 Å². The Bertz CT molecular complexity index is 609. The highest BCUT2D eigenvalue weighted by Crippen LogP contribution is 2.17. The summed E-state index contributed by atoms with van der Waals surface area (Å²) in [6.45, 7) is 7.23. The maximum atomic E-state index is 5.70. The molecule has 1 aliphatic heterocycles. The molecule has 1 heterocycles. The van der Waals surface area contributed by atoms with Crippen molar-refractivity contribution in [1.82, 2.24) is 4.90 Å². The number of hydrogen-bond donors (Lipinski definition) is 0. The van der Waals surface area contributed by atoms with Gasteiger partial charge in [0.2, 0.25) is 0 Å². The minimum absolute atomic E-state index is 0.603. The summed E-state index contributed by atoms with van der Waals surface area (Å²) < 4.78 is 11.4. The Hall–Kier alpha value is -1.84.